The van der Waals surface area contributed by atoms with Crippen LogP contribution in [0.4, 0.5) is 13.2 Å². The van der Waals surface area contributed by atoms with Gasteiger partial charge in [-0.15, -0.1) is 0 Å². The lowest BCUT2D eigenvalue weighted by atomic mass is 10.1. The van der Waals surface area contributed by atoms with Crippen molar-refractivity contribution >= 4 is 10.1 Å². The second-order valence-corrected chi connectivity index (χ2v) is 4.61. The van der Waals surface area contributed by atoms with Crippen molar-refractivity contribution in [3.8, 4) is 0 Å². The van der Waals surface area contributed by atoms with E-state index in [1.165, 1.54) is 0 Å². The van der Waals surface area contributed by atoms with Crippen molar-refractivity contribution in [3.05, 3.63) is 0 Å². The van der Waals surface area contributed by atoms with E-state index >= 15 is 0 Å². The summed E-state index contributed by atoms with van der Waals surface area (Å²) in [4.78, 5) is 0. The molecule has 100 valence electrons. The Morgan fingerprint density at radius 1 is 1.25 bits per heavy atom. The Labute approximate surface area is 94.0 Å². The zero-order valence-electron chi connectivity index (χ0n) is 9.29. The molecule has 0 heterocycles. The molecule has 0 aromatic heterocycles. The summed E-state index contributed by atoms with van der Waals surface area (Å²) in [7, 11) is -0.752. The van der Waals surface area contributed by atoms with Crippen molar-refractivity contribution in [2.75, 3.05) is 26.5 Å². The van der Waals surface area contributed by atoms with Crippen molar-refractivity contribution in [2.24, 2.45) is 0 Å². The number of halogens is 3. The number of rotatable bonds is 6. The number of nitrogens with one attached hydrogen (secondary N) is 1. The molecule has 8 heteroatoms. The smallest absolute Gasteiger partial charge is 0.267 e. The first-order chi connectivity index (χ1) is 7.28. The molecule has 0 saturated heterocycles. The average molecular weight is 265 g/mol. The molecule has 0 fully saturated rings. The Hall–Kier alpha value is -0.340. The Kier molecular flexibility index (Phi) is 11.1. The zero-order valence-corrected chi connectivity index (χ0v) is 10.1. The van der Waals surface area contributed by atoms with E-state index in [2.05, 4.69) is 5.32 Å². The first-order valence-electron chi connectivity index (χ1n) is 4.66. The van der Waals surface area contributed by atoms with Crippen LogP contribution in [-0.4, -0.2) is 51.8 Å². The zero-order chi connectivity index (χ0) is 13.2. The van der Waals surface area contributed by atoms with Crippen LogP contribution in [0.1, 0.15) is 12.8 Å². The summed E-state index contributed by atoms with van der Waals surface area (Å²) in [6.45, 7) is -0.779. The van der Waals surface area contributed by atoms with Crippen molar-refractivity contribution in [3.63, 3.8) is 0 Å². The van der Waals surface area contributed by atoms with Crippen LogP contribution in [0.15, 0.2) is 0 Å². The third kappa shape index (κ3) is 13.7. The molecule has 0 radical (unpaired) electrons. The van der Waals surface area contributed by atoms with Gasteiger partial charge in [-0.1, -0.05) is 0 Å². The highest BCUT2D eigenvalue weighted by molar-refractivity contribution is 7.85. The van der Waals surface area contributed by atoms with E-state index in [-0.39, 0.29) is 12.8 Å². The molecule has 16 heavy (non-hydrogen) atoms. The number of hydrogen-bond acceptors (Lipinski definition) is 3. The van der Waals surface area contributed by atoms with E-state index in [9.17, 15) is 21.6 Å². The Balaban J connectivity index is 0. The van der Waals surface area contributed by atoms with Crippen LogP contribution in [0.25, 0.3) is 0 Å². The van der Waals surface area contributed by atoms with Crippen LogP contribution < -0.4 is 5.32 Å². The molecule has 0 bridgehead atoms. The van der Waals surface area contributed by atoms with E-state index in [1.54, 1.807) is 0 Å². The Morgan fingerprint density at radius 3 is 2.00 bits per heavy atom. The minimum Gasteiger partial charge on any atom is -0.323 e. The van der Waals surface area contributed by atoms with Crippen LogP contribution in [0.3, 0.4) is 0 Å². The van der Waals surface area contributed by atoms with Crippen molar-refractivity contribution < 1.29 is 26.1 Å². The summed E-state index contributed by atoms with van der Waals surface area (Å²) in [6, 6.07) is 0. The first kappa shape index (κ1) is 18.0. The molecule has 0 rings (SSSR count). The Bertz CT molecular complexity index is 249. The van der Waals surface area contributed by atoms with Gasteiger partial charge in [0.2, 0.25) is 0 Å². The second-order valence-electron chi connectivity index (χ2n) is 3.11. The molecule has 0 aliphatic carbocycles. The van der Waals surface area contributed by atoms with E-state index in [1.807, 2.05) is 14.1 Å². The molecule has 2 N–H and O–H groups in total. The minimum atomic E-state index is -4.50. The lowest BCUT2D eigenvalue weighted by Crippen LogP contribution is -2.26. The van der Waals surface area contributed by atoms with Crippen LogP contribution in [0.2, 0.25) is 0 Å². The molecule has 0 aliphatic heterocycles. The van der Waals surface area contributed by atoms with Crippen LogP contribution in [-0.2, 0) is 10.1 Å². The molecule has 0 spiro atoms. The summed E-state index contributed by atoms with van der Waals surface area (Å²) < 4.78 is 65.0. The maximum absolute atomic E-state index is 12.6. The third-order valence-corrected chi connectivity index (χ3v) is 2.12. The van der Waals surface area contributed by atoms with Gasteiger partial charge < -0.3 is 5.32 Å². The van der Waals surface area contributed by atoms with Gasteiger partial charge in [-0.05, 0) is 26.9 Å². The Morgan fingerprint density at radius 2 is 1.69 bits per heavy atom. The highest BCUT2D eigenvalue weighted by Gasteiger charge is 2.25. The quantitative estimate of drug-likeness (QED) is 0.707. The molecule has 0 aromatic carbocycles. The lowest BCUT2D eigenvalue weighted by Gasteiger charge is -2.10. The van der Waals surface area contributed by atoms with Crippen LogP contribution in [0.5, 0.6) is 0 Å². The predicted molar refractivity (Wildman–Crippen MR) is 56.4 cm³/mol. The van der Waals surface area contributed by atoms with E-state index in [4.69, 9.17) is 4.55 Å². The van der Waals surface area contributed by atoms with Gasteiger partial charge in [0.05, 0.1) is 6.67 Å². The molecule has 0 aromatic rings. The van der Waals surface area contributed by atoms with Gasteiger partial charge in [0.25, 0.3) is 10.1 Å². The van der Waals surface area contributed by atoms with Crippen LogP contribution >= 0.6 is 0 Å². The van der Waals surface area contributed by atoms with Crippen molar-refractivity contribution in [1.82, 2.24) is 5.32 Å². The van der Waals surface area contributed by atoms with Gasteiger partial charge in [0.15, 0.2) is 0 Å². The molecular formula is C8H18F3NO3S. The fraction of sp³-hybridized carbons (Fsp3) is 1.00. The van der Waals surface area contributed by atoms with Gasteiger partial charge in [-0.25, -0.2) is 8.78 Å². The monoisotopic (exact) mass is 265 g/mol. The van der Waals surface area contributed by atoms with Gasteiger partial charge in [-0.2, -0.15) is 8.42 Å². The molecule has 0 amide bonds. The van der Waals surface area contributed by atoms with Gasteiger partial charge in [0, 0.05) is 0 Å². The van der Waals surface area contributed by atoms with E-state index in [0.717, 1.165) is 0 Å². The highest BCUT2D eigenvalue weighted by atomic mass is 32.2. The maximum Gasteiger partial charge on any atom is 0.267 e. The van der Waals surface area contributed by atoms with Gasteiger partial charge in [0.1, 0.15) is 18.1 Å². The van der Waals surface area contributed by atoms with Gasteiger partial charge >= 0.3 is 0 Å². The van der Waals surface area contributed by atoms with Crippen molar-refractivity contribution in [2.45, 2.75) is 25.2 Å². The topological polar surface area (TPSA) is 66.4 Å². The average Bonchev–Trinajstić information content (AvgIpc) is 2.12. The molecule has 2 atom stereocenters. The second kappa shape index (κ2) is 9.86. The fourth-order valence-corrected chi connectivity index (χ4v) is 1.37. The third-order valence-electron chi connectivity index (χ3n) is 1.38. The number of hydrogen-bond donors (Lipinski definition) is 2. The standard InChI is InChI=1S/C6H11F3O3S.C2H7N/c7-3-1-2-5(8)6(9)4-13(10,11)12;1-3-2/h5-6H,1-4H2,(H,10,11,12);3H,1-2H3. The summed E-state index contributed by atoms with van der Waals surface area (Å²) in [5.41, 5.74) is 0. The summed E-state index contributed by atoms with van der Waals surface area (Å²) in [6.07, 6.45) is -4.88. The van der Waals surface area contributed by atoms with Crippen molar-refractivity contribution in [1.29, 1.82) is 0 Å². The summed E-state index contributed by atoms with van der Waals surface area (Å²) in [5, 5.41) is 2.75. The van der Waals surface area contributed by atoms with Crippen LogP contribution in [0, 0.1) is 0 Å². The molecule has 0 saturated carbocycles. The fourth-order valence-electron chi connectivity index (χ4n) is 0.759. The predicted octanol–water partition coefficient (Wildman–Crippen LogP) is 1.14. The summed E-state index contributed by atoms with van der Waals surface area (Å²) in [5.74, 6) is -1.28. The van der Waals surface area contributed by atoms with Gasteiger partial charge in [-0.3, -0.25) is 8.94 Å². The van der Waals surface area contributed by atoms with E-state index < -0.39 is 34.9 Å². The first-order valence-corrected chi connectivity index (χ1v) is 6.27. The van der Waals surface area contributed by atoms with E-state index in [0.29, 0.717) is 0 Å². The highest BCUT2D eigenvalue weighted by Crippen LogP contribution is 2.12. The maximum atomic E-state index is 12.6. The normalized spacial score (nSPS) is 14.9. The SMILES string of the molecule is CNC.O=S(=O)(O)CC(F)C(F)CCCF. The molecule has 2 unspecified atom stereocenters. The molecule has 4 nitrogen and oxygen atoms in total. The number of alkyl halides is 3. The lowest BCUT2D eigenvalue weighted by molar-refractivity contribution is 0.167. The molecular weight excluding hydrogens is 247 g/mol. The largest absolute Gasteiger partial charge is 0.323 e. The minimum absolute atomic E-state index is 0.160. The molecule has 0 aliphatic rings. The summed E-state index contributed by atoms with van der Waals surface area (Å²) >= 11 is 0.